The molecule has 5 nitrogen and oxygen atoms in total. The minimum atomic E-state index is -0.115. The molecule has 2 rings (SSSR count). The molecule has 0 radical (unpaired) electrons. The minimum absolute atomic E-state index is 0.115. The maximum atomic E-state index is 11.4. The molecule has 76 valence electrons. The highest BCUT2D eigenvalue weighted by Gasteiger charge is 2.17. The van der Waals surface area contributed by atoms with Gasteiger partial charge < -0.3 is 10.1 Å². The molecule has 2 heterocycles. The highest BCUT2D eigenvalue weighted by atomic mass is 32.1. The predicted octanol–water partition coefficient (Wildman–Crippen LogP) is 0.447. The number of amides is 1. The molecule has 1 aromatic rings. The van der Waals surface area contributed by atoms with Gasteiger partial charge in [0.2, 0.25) is 0 Å². The average Bonchev–Trinajstić information content (AvgIpc) is 2.87. The van der Waals surface area contributed by atoms with Crippen LogP contribution in [-0.2, 0) is 4.74 Å². The Morgan fingerprint density at radius 2 is 2.71 bits per heavy atom. The average molecular weight is 213 g/mol. The number of ether oxygens (including phenoxy) is 1. The molecule has 1 unspecified atom stereocenters. The van der Waals surface area contributed by atoms with E-state index in [1.165, 1.54) is 6.20 Å². The van der Waals surface area contributed by atoms with E-state index in [4.69, 9.17) is 4.74 Å². The highest BCUT2D eigenvalue weighted by Crippen LogP contribution is 2.11. The van der Waals surface area contributed by atoms with Gasteiger partial charge in [0.25, 0.3) is 5.91 Å². The van der Waals surface area contributed by atoms with Crippen molar-refractivity contribution in [3.63, 3.8) is 0 Å². The molecule has 1 saturated heterocycles. The third kappa shape index (κ3) is 2.27. The van der Waals surface area contributed by atoms with E-state index in [-0.39, 0.29) is 12.0 Å². The molecule has 0 bridgehead atoms. The van der Waals surface area contributed by atoms with Gasteiger partial charge in [-0.25, -0.2) is 0 Å². The van der Waals surface area contributed by atoms with Crippen LogP contribution in [-0.4, -0.2) is 34.7 Å². The summed E-state index contributed by atoms with van der Waals surface area (Å²) in [6.07, 6.45) is 3.76. The standard InChI is InChI=1S/C8H11N3O2S/c12-8(7-5-10-11-14-7)9-4-6-2-1-3-13-6/h5-6H,1-4H2,(H,9,12). The normalized spacial score (nSPS) is 21.0. The summed E-state index contributed by atoms with van der Waals surface area (Å²) in [4.78, 5) is 12.0. The van der Waals surface area contributed by atoms with Crippen LogP contribution in [0.25, 0.3) is 0 Å². The van der Waals surface area contributed by atoms with Crippen LogP contribution in [0.4, 0.5) is 0 Å². The molecular weight excluding hydrogens is 202 g/mol. The number of carbonyl (C=O) groups excluding carboxylic acids is 1. The summed E-state index contributed by atoms with van der Waals surface area (Å²) in [7, 11) is 0. The largest absolute Gasteiger partial charge is 0.376 e. The number of nitrogens with zero attached hydrogens (tertiary/aromatic N) is 2. The molecule has 1 atom stereocenters. The first-order chi connectivity index (χ1) is 6.86. The Morgan fingerprint density at radius 1 is 1.79 bits per heavy atom. The zero-order valence-corrected chi connectivity index (χ0v) is 8.42. The Bertz CT molecular complexity index is 296. The van der Waals surface area contributed by atoms with Crippen LogP contribution >= 0.6 is 11.5 Å². The summed E-state index contributed by atoms with van der Waals surface area (Å²) < 4.78 is 9.00. The van der Waals surface area contributed by atoms with E-state index < -0.39 is 0 Å². The van der Waals surface area contributed by atoms with E-state index >= 15 is 0 Å². The van der Waals surface area contributed by atoms with Crippen LogP contribution in [0, 0.1) is 0 Å². The zero-order valence-electron chi connectivity index (χ0n) is 7.60. The number of carbonyl (C=O) groups is 1. The van der Waals surface area contributed by atoms with E-state index in [2.05, 4.69) is 14.9 Å². The van der Waals surface area contributed by atoms with Gasteiger partial charge >= 0.3 is 0 Å². The third-order valence-corrected chi connectivity index (χ3v) is 2.76. The van der Waals surface area contributed by atoms with Gasteiger partial charge in [-0.05, 0) is 24.4 Å². The maximum absolute atomic E-state index is 11.4. The molecule has 14 heavy (non-hydrogen) atoms. The van der Waals surface area contributed by atoms with Crippen molar-refractivity contribution in [3.8, 4) is 0 Å². The predicted molar refractivity (Wildman–Crippen MR) is 51.2 cm³/mol. The molecule has 1 amide bonds. The van der Waals surface area contributed by atoms with Gasteiger partial charge in [0.1, 0.15) is 4.88 Å². The molecule has 1 fully saturated rings. The van der Waals surface area contributed by atoms with Crippen molar-refractivity contribution in [2.45, 2.75) is 18.9 Å². The van der Waals surface area contributed by atoms with Crippen LogP contribution in [0.15, 0.2) is 6.20 Å². The van der Waals surface area contributed by atoms with E-state index in [1.807, 2.05) is 0 Å². The zero-order chi connectivity index (χ0) is 9.80. The van der Waals surface area contributed by atoms with Crippen molar-refractivity contribution in [3.05, 3.63) is 11.1 Å². The van der Waals surface area contributed by atoms with Gasteiger partial charge in [0.05, 0.1) is 12.3 Å². The van der Waals surface area contributed by atoms with E-state index in [1.54, 1.807) is 0 Å². The second kappa shape index (κ2) is 4.47. The monoisotopic (exact) mass is 213 g/mol. The van der Waals surface area contributed by atoms with Gasteiger partial charge in [-0.15, -0.1) is 5.10 Å². The fraction of sp³-hybridized carbons (Fsp3) is 0.625. The fourth-order valence-electron chi connectivity index (χ4n) is 1.37. The molecule has 0 saturated carbocycles. The summed E-state index contributed by atoms with van der Waals surface area (Å²) in [6, 6.07) is 0. The van der Waals surface area contributed by atoms with Gasteiger partial charge in [0.15, 0.2) is 0 Å². The molecule has 1 aliphatic rings. The van der Waals surface area contributed by atoms with E-state index in [9.17, 15) is 4.79 Å². The first-order valence-corrected chi connectivity index (χ1v) is 5.31. The Hall–Kier alpha value is -1.01. The number of nitrogens with one attached hydrogen (secondary N) is 1. The maximum Gasteiger partial charge on any atom is 0.264 e. The lowest BCUT2D eigenvalue weighted by Crippen LogP contribution is -2.31. The van der Waals surface area contributed by atoms with Crippen molar-refractivity contribution < 1.29 is 9.53 Å². The summed E-state index contributed by atoms with van der Waals surface area (Å²) in [5, 5.41) is 6.39. The smallest absolute Gasteiger partial charge is 0.264 e. The lowest BCUT2D eigenvalue weighted by Gasteiger charge is -2.09. The molecule has 6 heteroatoms. The fourth-order valence-corrected chi connectivity index (χ4v) is 1.80. The number of aromatic nitrogens is 2. The second-order valence-electron chi connectivity index (χ2n) is 3.13. The first-order valence-electron chi connectivity index (χ1n) is 4.53. The number of hydrogen-bond donors (Lipinski definition) is 1. The quantitative estimate of drug-likeness (QED) is 0.791. The number of hydrogen-bond acceptors (Lipinski definition) is 5. The molecular formula is C8H11N3O2S. The van der Waals surface area contributed by atoms with Gasteiger partial charge in [0, 0.05) is 13.2 Å². The van der Waals surface area contributed by atoms with Crippen molar-refractivity contribution >= 4 is 17.4 Å². The summed E-state index contributed by atoms with van der Waals surface area (Å²) >= 11 is 1.10. The summed E-state index contributed by atoms with van der Waals surface area (Å²) in [5.41, 5.74) is 0. The van der Waals surface area contributed by atoms with Crippen LogP contribution in [0.2, 0.25) is 0 Å². The molecule has 0 spiro atoms. The van der Waals surface area contributed by atoms with Gasteiger partial charge in [-0.1, -0.05) is 4.49 Å². The molecule has 1 aliphatic heterocycles. The third-order valence-electron chi connectivity index (χ3n) is 2.10. The molecule has 1 aromatic heterocycles. The first kappa shape index (κ1) is 9.54. The van der Waals surface area contributed by atoms with Gasteiger partial charge in [-0.2, -0.15) is 0 Å². The van der Waals surface area contributed by atoms with Crippen LogP contribution in [0.1, 0.15) is 22.5 Å². The Balaban J connectivity index is 1.78. The van der Waals surface area contributed by atoms with Crippen molar-refractivity contribution in [1.82, 2.24) is 14.9 Å². The molecule has 0 aliphatic carbocycles. The summed E-state index contributed by atoms with van der Waals surface area (Å²) in [6.45, 7) is 1.39. The topological polar surface area (TPSA) is 64.1 Å². The van der Waals surface area contributed by atoms with Crippen molar-refractivity contribution in [2.24, 2.45) is 0 Å². The number of rotatable bonds is 3. The van der Waals surface area contributed by atoms with E-state index in [0.29, 0.717) is 11.4 Å². The SMILES string of the molecule is O=C(NCC1CCCO1)c1cnns1. The minimum Gasteiger partial charge on any atom is -0.376 e. The summed E-state index contributed by atoms with van der Waals surface area (Å²) in [5.74, 6) is -0.115. The Morgan fingerprint density at radius 3 is 3.36 bits per heavy atom. The van der Waals surface area contributed by atoms with Crippen molar-refractivity contribution in [1.29, 1.82) is 0 Å². The second-order valence-corrected chi connectivity index (χ2v) is 3.91. The van der Waals surface area contributed by atoms with Crippen LogP contribution in [0.3, 0.4) is 0 Å². The Labute approximate surface area is 85.6 Å². The highest BCUT2D eigenvalue weighted by molar-refractivity contribution is 7.07. The van der Waals surface area contributed by atoms with Crippen LogP contribution in [0.5, 0.6) is 0 Å². The lowest BCUT2D eigenvalue weighted by atomic mass is 10.2. The Kier molecular flexibility index (Phi) is 3.05. The molecule has 0 aromatic carbocycles. The van der Waals surface area contributed by atoms with Gasteiger partial charge in [-0.3, -0.25) is 4.79 Å². The molecule has 1 N–H and O–H groups in total. The van der Waals surface area contributed by atoms with E-state index in [0.717, 1.165) is 31.0 Å². The van der Waals surface area contributed by atoms with Crippen molar-refractivity contribution in [2.75, 3.05) is 13.2 Å². The van der Waals surface area contributed by atoms with Crippen LogP contribution < -0.4 is 5.32 Å². The lowest BCUT2D eigenvalue weighted by molar-refractivity contribution is 0.0861.